The summed E-state index contributed by atoms with van der Waals surface area (Å²) in [6.07, 6.45) is 1.53. The third-order valence-electron chi connectivity index (χ3n) is 5.21. The molecule has 1 heterocycles. The molecule has 0 saturated heterocycles. The Bertz CT molecular complexity index is 1430. The predicted molar refractivity (Wildman–Crippen MR) is 134 cm³/mol. The zero-order chi connectivity index (χ0) is 25.0. The summed E-state index contributed by atoms with van der Waals surface area (Å²) in [5.74, 6) is 0.400. The van der Waals surface area contributed by atoms with Crippen LogP contribution in [0.5, 0.6) is 5.75 Å². The third kappa shape index (κ3) is 5.88. The molecule has 0 unspecified atom stereocenters. The highest BCUT2D eigenvalue weighted by Gasteiger charge is 2.24. The standard InChI is InChI=1S/C26H21Cl2NO5S/c1-18-7-4-13-24(28)25(18)35(31,32)34-20-9-5-8-19(15-20)16-29(17-21-10-6-14-33-21)26(30)22-11-2-3-12-23(22)27/h2-15H,16-17H2,1H3. The Labute approximate surface area is 213 Å². The van der Waals surface area contributed by atoms with Gasteiger partial charge in [-0.2, -0.15) is 8.42 Å². The monoisotopic (exact) mass is 529 g/mol. The lowest BCUT2D eigenvalue weighted by molar-refractivity contribution is 0.0717. The second-order valence-corrected chi connectivity index (χ2v) is 10.1. The number of hydrogen-bond acceptors (Lipinski definition) is 5. The van der Waals surface area contributed by atoms with Crippen molar-refractivity contribution in [1.29, 1.82) is 0 Å². The summed E-state index contributed by atoms with van der Waals surface area (Å²) in [6, 6.07) is 21.6. The van der Waals surface area contributed by atoms with E-state index in [2.05, 4.69) is 0 Å². The molecule has 3 aromatic carbocycles. The van der Waals surface area contributed by atoms with E-state index in [9.17, 15) is 13.2 Å². The van der Waals surface area contributed by atoms with Crippen LogP contribution in [0.1, 0.15) is 27.2 Å². The number of rotatable bonds is 8. The molecule has 180 valence electrons. The highest BCUT2D eigenvalue weighted by atomic mass is 35.5. The maximum Gasteiger partial charge on any atom is 0.340 e. The van der Waals surface area contributed by atoms with Crippen molar-refractivity contribution in [2.24, 2.45) is 0 Å². The van der Waals surface area contributed by atoms with Crippen LogP contribution in [0.25, 0.3) is 0 Å². The summed E-state index contributed by atoms with van der Waals surface area (Å²) in [6.45, 7) is 2.00. The van der Waals surface area contributed by atoms with Crippen molar-refractivity contribution in [2.45, 2.75) is 24.9 Å². The van der Waals surface area contributed by atoms with Crippen LogP contribution in [0.3, 0.4) is 0 Å². The first-order chi connectivity index (χ1) is 16.7. The molecule has 4 aromatic rings. The lowest BCUT2D eigenvalue weighted by Gasteiger charge is -2.23. The summed E-state index contributed by atoms with van der Waals surface area (Å²) >= 11 is 12.4. The predicted octanol–water partition coefficient (Wildman–Crippen LogP) is 6.51. The molecule has 0 radical (unpaired) electrons. The number of amides is 1. The van der Waals surface area contributed by atoms with Crippen molar-refractivity contribution in [3.05, 3.63) is 118 Å². The lowest BCUT2D eigenvalue weighted by atomic mass is 10.1. The smallest absolute Gasteiger partial charge is 0.340 e. The molecule has 0 aliphatic carbocycles. The Morgan fingerprint density at radius 2 is 1.66 bits per heavy atom. The zero-order valence-corrected chi connectivity index (χ0v) is 21.0. The minimum Gasteiger partial charge on any atom is -0.467 e. The van der Waals surface area contributed by atoms with Gasteiger partial charge in [0, 0.05) is 6.54 Å². The van der Waals surface area contributed by atoms with Gasteiger partial charge in [0.2, 0.25) is 0 Å². The molecule has 0 bridgehead atoms. The summed E-state index contributed by atoms with van der Waals surface area (Å²) < 4.78 is 36.7. The average Bonchev–Trinajstić information content (AvgIpc) is 3.31. The number of carbonyl (C=O) groups excluding carboxylic acids is 1. The third-order valence-corrected chi connectivity index (χ3v) is 7.42. The van der Waals surface area contributed by atoms with Gasteiger partial charge in [-0.1, -0.05) is 59.6 Å². The maximum atomic E-state index is 13.3. The fraction of sp³-hybridized carbons (Fsp3) is 0.115. The Hall–Kier alpha value is -3.26. The number of hydrogen-bond donors (Lipinski definition) is 0. The quantitative estimate of drug-likeness (QED) is 0.243. The summed E-state index contributed by atoms with van der Waals surface area (Å²) in [7, 11) is -4.17. The van der Waals surface area contributed by atoms with Crippen molar-refractivity contribution in [3.63, 3.8) is 0 Å². The Balaban J connectivity index is 1.61. The number of aryl methyl sites for hydroxylation is 1. The first kappa shape index (κ1) is 24.9. The van der Waals surface area contributed by atoms with E-state index in [1.54, 1.807) is 78.6 Å². The molecule has 9 heteroatoms. The summed E-state index contributed by atoms with van der Waals surface area (Å²) in [5, 5.41) is 0.413. The van der Waals surface area contributed by atoms with Crippen molar-refractivity contribution >= 4 is 39.2 Å². The number of halogens is 2. The average molecular weight is 530 g/mol. The zero-order valence-electron chi connectivity index (χ0n) is 18.6. The number of furan rings is 1. The second kappa shape index (κ2) is 10.6. The van der Waals surface area contributed by atoms with Crippen LogP contribution in [0, 0.1) is 6.92 Å². The van der Waals surface area contributed by atoms with Crippen LogP contribution in [0.15, 0.2) is 94.4 Å². The van der Waals surface area contributed by atoms with E-state index in [1.807, 2.05) is 0 Å². The topological polar surface area (TPSA) is 76.8 Å². The highest BCUT2D eigenvalue weighted by Crippen LogP contribution is 2.29. The van der Waals surface area contributed by atoms with Gasteiger partial charge in [0.25, 0.3) is 5.91 Å². The van der Waals surface area contributed by atoms with Crippen molar-refractivity contribution in [3.8, 4) is 5.75 Å². The molecule has 0 N–H and O–H groups in total. The van der Waals surface area contributed by atoms with Gasteiger partial charge in [-0.25, -0.2) is 0 Å². The van der Waals surface area contributed by atoms with Gasteiger partial charge >= 0.3 is 10.1 Å². The van der Waals surface area contributed by atoms with E-state index in [4.69, 9.17) is 31.8 Å². The van der Waals surface area contributed by atoms with Gasteiger partial charge in [0.05, 0.1) is 28.4 Å². The molecular formula is C26H21Cl2NO5S. The lowest BCUT2D eigenvalue weighted by Crippen LogP contribution is -2.30. The Kier molecular flexibility index (Phi) is 7.50. The molecule has 0 aliphatic rings. The number of benzene rings is 3. The van der Waals surface area contributed by atoms with Crippen LogP contribution in [0.4, 0.5) is 0 Å². The van der Waals surface area contributed by atoms with E-state index in [1.165, 1.54) is 18.4 Å². The largest absolute Gasteiger partial charge is 0.467 e. The normalized spacial score (nSPS) is 11.3. The van der Waals surface area contributed by atoms with Crippen LogP contribution in [-0.4, -0.2) is 19.2 Å². The van der Waals surface area contributed by atoms with Crippen molar-refractivity contribution in [1.82, 2.24) is 4.90 Å². The maximum absolute atomic E-state index is 13.3. The van der Waals surface area contributed by atoms with Gasteiger partial charge < -0.3 is 13.5 Å². The van der Waals surface area contributed by atoms with Gasteiger partial charge in [-0.15, -0.1) is 0 Å². The fourth-order valence-electron chi connectivity index (χ4n) is 3.61. The van der Waals surface area contributed by atoms with E-state index >= 15 is 0 Å². The van der Waals surface area contributed by atoms with Crippen molar-refractivity contribution in [2.75, 3.05) is 0 Å². The minimum absolute atomic E-state index is 0.0797. The number of nitrogens with zero attached hydrogens (tertiary/aromatic N) is 1. The van der Waals surface area contributed by atoms with Crippen LogP contribution < -0.4 is 4.18 Å². The number of carbonyl (C=O) groups is 1. The van der Waals surface area contributed by atoms with Gasteiger partial charge in [0.15, 0.2) is 0 Å². The molecule has 1 amide bonds. The molecule has 0 atom stereocenters. The Morgan fingerprint density at radius 3 is 2.37 bits per heavy atom. The minimum atomic E-state index is -4.17. The van der Waals surface area contributed by atoms with Crippen LogP contribution in [0.2, 0.25) is 10.0 Å². The summed E-state index contributed by atoms with van der Waals surface area (Å²) in [5.41, 5.74) is 1.48. The fourth-order valence-corrected chi connectivity index (χ4v) is 5.54. The molecule has 0 saturated carbocycles. The van der Waals surface area contributed by atoms with Crippen molar-refractivity contribution < 1.29 is 21.8 Å². The molecule has 6 nitrogen and oxygen atoms in total. The van der Waals surface area contributed by atoms with E-state index < -0.39 is 10.1 Å². The van der Waals surface area contributed by atoms with E-state index in [0.717, 1.165) is 0 Å². The van der Waals surface area contributed by atoms with Gasteiger partial charge in [-0.3, -0.25) is 4.79 Å². The molecule has 1 aromatic heterocycles. The first-order valence-corrected chi connectivity index (χ1v) is 12.8. The molecule has 0 fully saturated rings. The summed E-state index contributed by atoms with van der Waals surface area (Å²) in [4.78, 5) is 14.8. The Morgan fingerprint density at radius 1 is 0.914 bits per heavy atom. The highest BCUT2D eigenvalue weighted by molar-refractivity contribution is 7.87. The molecule has 4 rings (SSSR count). The van der Waals surface area contributed by atoms with Crippen LogP contribution >= 0.6 is 23.2 Å². The first-order valence-electron chi connectivity index (χ1n) is 10.6. The second-order valence-electron chi connectivity index (χ2n) is 7.79. The van der Waals surface area contributed by atoms with E-state index in [0.29, 0.717) is 27.5 Å². The van der Waals surface area contributed by atoms with Gasteiger partial charge in [0.1, 0.15) is 16.4 Å². The molecular weight excluding hydrogens is 509 g/mol. The SMILES string of the molecule is Cc1cccc(Cl)c1S(=O)(=O)Oc1cccc(CN(Cc2ccco2)C(=O)c2ccccc2Cl)c1. The van der Waals surface area contributed by atoms with Crippen LogP contribution in [-0.2, 0) is 23.2 Å². The molecule has 0 aliphatic heterocycles. The van der Waals surface area contributed by atoms with E-state index in [-0.39, 0.29) is 34.7 Å². The molecule has 35 heavy (non-hydrogen) atoms. The molecule has 0 spiro atoms. The van der Waals surface area contributed by atoms with Gasteiger partial charge in [-0.05, 0) is 60.5 Å².